The summed E-state index contributed by atoms with van der Waals surface area (Å²) in [5.41, 5.74) is -0.767. The Bertz CT molecular complexity index is 499. The van der Waals surface area contributed by atoms with E-state index in [2.05, 4.69) is 0 Å². The summed E-state index contributed by atoms with van der Waals surface area (Å²) < 4.78 is 9.69. The van der Waals surface area contributed by atoms with Gasteiger partial charge in [-0.15, -0.1) is 0 Å². The predicted molar refractivity (Wildman–Crippen MR) is 66.2 cm³/mol. The summed E-state index contributed by atoms with van der Waals surface area (Å²) in [6.07, 6.45) is -3.38. The van der Waals surface area contributed by atoms with E-state index >= 15 is 0 Å². The lowest BCUT2D eigenvalue weighted by Gasteiger charge is -2.22. The highest BCUT2D eigenvalue weighted by Gasteiger charge is 2.31. The van der Waals surface area contributed by atoms with Gasteiger partial charge < -0.3 is 35.0 Å². The molecule has 0 aliphatic carbocycles. The first-order valence-electron chi connectivity index (χ1n) is 5.57. The van der Waals surface area contributed by atoms with Crippen LogP contribution in [-0.2, 0) is 0 Å². The Balaban J connectivity index is 3.61. The standard InChI is InChI=1S/C12H16O8/c1-19-7-3-5(12(17)18)8(9(15)6(14)4-13)11(20-2)10(7)16/h3,6,9,13-16H,4H2,1-2H3,(H,17,18). The number of rotatable bonds is 6. The number of hydrogen-bond acceptors (Lipinski definition) is 7. The van der Waals surface area contributed by atoms with E-state index in [0.717, 1.165) is 13.2 Å². The van der Waals surface area contributed by atoms with E-state index in [1.54, 1.807) is 0 Å². The van der Waals surface area contributed by atoms with Crippen LogP contribution < -0.4 is 9.47 Å². The number of methoxy groups -OCH3 is 2. The molecule has 0 aromatic heterocycles. The number of carboxylic acids is 1. The molecule has 0 fully saturated rings. The van der Waals surface area contributed by atoms with E-state index in [1.807, 2.05) is 0 Å². The number of aliphatic hydroxyl groups is 3. The molecule has 0 saturated heterocycles. The summed E-state index contributed by atoms with van der Waals surface area (Å²) in [5, 5.41) is 47.3. The van der Waals surface area contributed by atoms with Gasteiger partial charge in [-0.1, -0.05) is 0 Å². The minimum absolute atomic E-state index is 0.159. The molecule has 2 unspecified atom stereocenters. The normalized spacial score (nSPS) is 13.7. The van der Waals surface area contributed by atoms with Gasteiger partial charge in [0.05, 0.1) is 26.4 Å². The number of hydrogen-bond donors (Lipinski definition) is 5. The van der Waals surface area contributed by atoms with E-state index < -0.39 is 36.1 Å². The zero-order valence-electron chi connectivity index (χ0n) is 10.9. The lowest BCUT2D eigenvalue weighted by Crippen LogP contribution is -2.24. The summed E-state index contributed by atoms with van der Waals surface area (Å²) in [5.74, 6) is -2.43. The Morgan fingerprint density at radius 3 is 2.30 bits per heavy atom. The molecule has 0 radical (unpaired) electrons. The quantitative estimate of drug-likeness (QED) is 0.472. The van der Waals surface area contributed by atoms with Crippen LogP contribution in [0.25, 0.3) is 0 Å². The fraction of sp³-hybridized carbons (Fsp3) is 0.417. The lowest BCUT2D eigenvalue weighted by molar-refractivity contribution is -0.0169. The summed E-state index contributed by atoms with van der Waals surface area (Å²) in [6.45, 7) is -0.795. The molecule has 0 aliphatic rings. The van der Waals surface area contributed by atoms with Gasteiger partial charge in [-0.25, -0.2) is 4.79 Å². The highest BCUT2D eigenvalue weighted by molar-refractivity contribution is 5.92. The highest BCUT2D eigenvalue weighted by Crippen LogP contribution is 2.44. The van der Waals surface area contributed by atoms with Gasteiger partial charge in [0.25, 0.3) is 0 Å². The van der Waals surface area contributed by atoms with Gasteiger partial charge in [0, 0.05) is 5.56 Å². The van der Waals surface area contributed by atoms with Crippen molar-refractivity contribution in [1.29, 1.82) is 0 Å². The molecule has 0 spiro atoms. The maximum atomic E-state index is 11.2. The van der Waals surface area contributed by atoms with Crippen LogP contribution in [-0.4, -0.2) is 58.4 Å². The topological polar surface area (TPSA) is 137 Å². The summed E-state index contributed by atoms with van der Waals surface area (Å²) in [4.78, 5) is 11.2. The molecule has 5 N–H and O–H groups in total. The number of carbonyl (C=O) groups is 1. The summed E-state index contributed by atoms with van der Waals surface area (Å²) >= 11 is 0. The molecule has 0 bridgehead atoms. The minimum Gasteiger partial charge on any atom is -0.502 e. The maximum absolute atomic E-state index is 11.2. The van der Waals surface area contributed by atoms with Gasteiger partial charge in [-0.05, 0) is 6.07 Å². The van der Waals surface area contributed by atoms with Crippen LogP contribution in [0, 0.1) is 0 Å². The van der Waals surface area contributed by atoms with Crippen molar-refractivity contribution in [2.45, 2.75) is 12.2 Å². The lowest BCUT2D eigenvalue weighted by atomic mass is 9.96. The van der Waals surface area contributed by atoms with Crippen molar-refractivity contribution >= 4 is 5.97 Å². The van der Waals surface area contributed by atoms with Gasteiger partial charge in [-0.2, -0.15) is 0 Å². The zero-order chi connectivity index (χ0) is 15.4. The molecular weight excluding hydrogens is 272 g/mol. The van der Waals surface area contributed by atoms with Crippen LogP contribution in [0.1, 0.15) is 22.0 Å². The van der Waals surface area contributed by atoms with E-state index in [1.165, 1.54) is 7.11 Å². The minimum atomic E-state index is -1.75. The second kappa shape index (κ2) is 6.42. The molecule has 0 aliphatic heterocycles. The van der Waals surface area contributed by atoms with E-state index in [4.69, 9.17) is 19.7 Å². The molecule has 2 atom stereocenters. The largest absolute Gasteiger partial charge is 0.502 e. The van der Waals surface area contributed by atoms with Crippen molar-refractivity contribution in [3.63, 3.8) is 0 Å². The number of benzene rings is 1. The van der Waals surface area contributed by atoms with Gasteiger partial charge in [0.1, 0.15) is 12.2 Å². The zero-order valence-corrected chi connectivity index (χ0v) is 10.9. The Hall–Kier alpha value is -2.03. The third kappa shape index (κ3) is 2.77. The number of aliphatic hydroxyl groups excluding tert-OH is 3. The van der Waals surface area contributed by atoms with E-state index in [0.29, 0.717) is 0 Å². The second-order valence-electron chi connectivity index (χ2n) is 3.92. The Kier molecular flexibility index (Phi) is 5.14. The average Bonchev–Trinajstić information content (AvgIpc) is 2.44. The van der Waals surface area contributed by atoms with Crippen LogP contribution in [0.4, 0.5) is 0 Å². The monoisotopic (exact) mass is 288 g/mol. The van der Waals surface area contributed by atoms with Crippen LogP contribution in [0.3, 0.4) is 0 Å². The molecule has 1 rings (SSSR count). The molecule has 1 aromatic carbocycles. The van der Waals surface area contributed by atoms with E-state index in [9.17, 15) is 20.1 Å². The summed E-state index contributed by atoms with van der Waals surface area (Å²) in [6, 6.07) is 0.989. The van der Waals surface area contributed by atoms with Crippen molar-refractivity contribution in [2.24, 2.45) is 0 Å². The van der Waals surface area contributed by atoms with Crippen LogP contribution in [0.5, 0.6) is 17.2 Å². The number of aromatic carboxylic acids is 1. The Labute approximate surface area is 114 Å². The first-order valence-corrected chi connectivity index (χ1v) is 5.57. The highest BCUT2D eigenvalue weighted by atomic mass is 16.5. The Morgan fingerprint density at radius 1 is 1.30 bits per heavy atom. The number of carboxylic acid groups (broad SMARTS) is 1. The molecule has 20 heavy (non-hydrogen) atoms. The molecule has 0 saturated carbocycles. The molecule has 1 aromatic rings. The molecule has 8 heteroatoms. The van der Waals surface area contributed by atoms with Crippen molar-refractivity contribution in [2.75, 3.05) is 20.8 Å². The maximum Gasteiger partial charge on any atom is 0.336 e. The van der Waals surface area contributed by atoms with Gasteiger partial charge >= 0.3 is 5.97 Å². The van der Waals surface area contributed by atoms with Crippen LogP contribution >= 0.6 is 0 Å². The molecule has 8 nitrogen and oxygen atoms in total. The first-order chi connectivity index (χ1) is 9.38. The molecule has 0 heterocycles. The molecular formula is C12H16O8. The number of phenolic OH excluding ortho intramolecular Hbond substituents is 1. The predicted octanol–water partition coefficient (Wildman–Crippen LogP) is -0.506. The number of aromatic hydroxyl groups is 1. The third-order valence-corrected chi connectivity index (χ3v) is 2.76. The Morgan fingerprint density at radius 2 is 1.90 bits per heavy atom. The summed E-state index contributed by atoms with van der Waals surface area (Å²) in [7, 11) is 2.38. The smallest absolute Gasteiger partial charge is 0.336 e. The number of ether oxygens (including phenoxy) is 2. The number of phenols is 1. The van der Waals surface area contributed by atoms with Crippen LogP contribution in [0.15, 0.2) is 6.07 Å². The third-order valence-electron chi connectivity index (χ3n) is 2.76. The molecule has 0 amide bonds. The van der Waals surface area contributed by atoms with Crippen molar-refractivity contribution in [3.8, 4) is 17.2 Å². The average molecular weight is 288 g/mol. The van der Waals surface area contributed by atoms with Gasteiger partial charge in [-0.3, -0.25) is 0 Å². The second-order valence-corrected chi connectivity index (χ2v) is 3.92. The van der Waals surface area contributed by atoms with Crippen molar-refractivity contribution < 1.29 is 39.8 Å². The van der Waals surface area contributed by atoms with Gasteiger partial charge in [0.15, 0.2) is 11.5 Å². The SMILES string of the molecule is COc1cc(C(=O)O)c(C(O)C(O)CO)c(OC)c1O. The van der Waals surface area contributed by atoms with E-state index in [-0.39, 0.29) is 17.1 Å². The van der Waals surface area contributed by atoms with Crippen LogP contribution in [0.2, 0.25) is 0 Å². The first kappa shape index (κ1) is 16.0. The fourth-order valence-corrected chi connectivity index (χ4v) is 1.76. The van der Waals surface area contributed by atoms with Gasteiger partial charge in [0.2, 0.25) is 5.75 Å². The van der Waals surface area contributed by atoms with Crippen molar-refractivity contribution in [1.82, 2.24) is 0 Å². The fourth-order valence-electron chi connectivity index (χ4n) is 1.76. The van der Waals surface area contributed by atoms with Crippen molar-refractivity contribution in [3.05, 3.63) is 17.2 Å². The molecule has 112 valence electrons.